The van der Waals surface area contributed by atoms with Gasteiger partial charge in [0.05, 0.1) is 0 Å². The van der Waals surface area contributed by atoms with Gasteiger partial charge in [-0.05, 0) is 55.3 Å². The predicted molar refractivity (Wildman–Crippen MR) is 84.8 cm³/mol. The highest BCUT2D eigenvalue weighted by atomic mass is 15.2. The molecule has 110 valence electrons. The zero-order valence-electron chi connectivity index (χ0n) is 12.9. The number of hydrogen-bond donors (Lipinski definition) is 1. The van der Waals surface area contributed by atoms with Crippen LogP contribution in [0.4, 0.5) is 0 Å². The van der Waals surface area contributed by atoms with Crippen LogP contribution >= 0.6 is 0 Å². The lowest BCUT2D eigenvalue weighted by Crippen LogP contribution is -2.43. The number of nitrogens with zero attached hydrogens (tertiary/aromatic N) is 1. The first-order valence-corrected chi connectivity index (χ1v) is 8.24. The highest BCUT2D eigenvalue weighted by molar-refractivity contribution is 5.23. The molecule has 0 spiro atoms. The first-order valence-electron chi connectivity index (χ1n) is 8.24. The maximum Gasteiger partial charge on any atom is 0.0233 e. The first kappa shape index (κ1) is 14.1. The van der Waals surface area contributed by atoms with E-state index in [4.69, 9.17) is 0 Å². The SMILES string of the molecule is CC(C)Cc1ccc(CN2CCC3NCCC3C2)cc1. The smallest absolute Gasteiger partial charge is 0.0233 e. The van der Waals surface area contributed by atoms with E-state index in [1.165, 1.54) is 50.0 Å². The normalized spacial score (nSPS) is 26.9. The summed E-state index contributed by atoms with van der Waals surface area (Å²) in [4.78, 5) is 2.64. The molecule has 0 aliphatic carbocycles. The van der Waals surface area contributed by atoms with Crippen molar-refractivity contribution >= 4 is 0 Å². The second-order valence-electron chi connectivity index (χ2n) is 7.05. The van der Waals surface area contributed by atoms with Crippen LogP contribution in [0.2, 0.25) is 0 Å². The van der Waals surface area contributed by atoms with Crippen molar-refractivity contribution < 1.29 is 0 Å². The molecule has 2 fully saturated rings. The Morgan fingerprint density at radius 1 is 1.15 bits per heavy atom. The van der Waals surface area contributed by atoms with Gasteiger partial charge in [0.15, 0.2) is 0 Å². The minimum Gasteiger partial charge on any atom is -0.314 e. The van der Waals surface area contributed by atoms with E-state index < -0.39 is 0 Å². The lowest BCUT2D eigenvalue weighted by molar-refractivity contribution is 0.156. The Morgan fingerprint density at radius 2 is 1.90 bits per heavy atom. The highest BCUT2D eigenvalue weighted by Gasteiger charge is 2.32. The van der Waals surface area contributed by atoms with E-state index in [1.807, 2.05) is 0 Å². The molecule has 2 aliphatic heterocycles. The van der Waals surface area contributed by atoms with E-state index in [1.54, 1.807) is 0 Å². The van der Waals surface area contributed by atoms with E-state index in [0.29, 0.717) is 0 Å². The van der Waals surface area contributed by atoms with Crippen molar-refractivity contribution in [1.29, 1.82) is 0 Å². The fraction of sp³-hybridized carbons (Fsp3) is 0.667. The third-order valence-electron chi connectivity index (χ3n) is 4.81. The van der Waals surface area contributed by atoms with Gasteiger partial charge in [-0.2, -0.15) is 0 Å². The van der Waals surface area contributed by atoms with Crippen molar-refractivity contribution in [2.75, 3.05) is 19.6 Å². The van der Waals surface area contributed by atoms with Gasteiger partial charge in [-0.25, -0.2) is 0 Å². The summed E-state index contributed by atoms with van der Waals surface area (Å²) in [6, 6.07) is 10.1. The summed E-state index contributed by atoms with van der Waals surface area (Å²) in [5.74, 6) is 1.64. The van der Waals surface area contributed by atoms with Crippen molar-refractivity contribution in [1.82, 2.24) is 10.2 Å². The Bertz CT molecular complexity index is 424. The molecule has 0 bridgehead atoms. The fourth-order valence-corrected chi connectivity index (χ4v) is 3.78. The zero-order valence-corrected chi connectivity index (χ0v) is 12.9. The zero-order chi connectivity index (χ0) is 13.9. The quantitative estimate of drug-likeness (QED) is 0.906. The molecule has 1 aromatic carbocycles. The van der Waals surface area contributed by atoms with Crippen LogP contribution in [0.25, 0.3) is 0 Å². The van der Waals surface area contributed by atoms with E-state index in [9.17, 15) is 0 Å². The molecule has 2 aliphatic rings. The standard InChI is InChI=1S/C18H28N2/c1-14(2)11-15-3-5-16(6-4-15)12-20-10-8-18-17(13-20)7-9-19-18/h3-6,14,17-19H,7-13H2,1-2H3. The number of rotatable bonds is 4. The Hall–Kier alpha value is -0.860. The van der Waals surface area contributed by atoms with Crippen LogP contribution in [0.15, 0.2) is 24.3 Å². The van der Waals surface area contributed by atoms with Crippen molar-refractivity contribution in [3.63, 3.8) is 0 Å². The van der Waals surface area contributed by atoms with Gasteiger partial charge in [0, 0.05) is 19.1 Å². The molecule has 1 N–H and O–H groups in total. The summed E-state index contributed by atoms with van der Waals surface area (Å²) >= 11 is 0. The molecule has 0 amide bonds. The van der Waals surface area contributed by atoms with E-state index in [-0.39, 0.29) is 0 Å². The summed E-state index contributed by atoms with van der Waals surface area (Å²) in [5, 5.41) is 3.64. The summed E-state index contributed by atoms with van der Waals surface area (Å²) in [6.07, 6.45) is 3.89. The number of hydrogen-bond acceptors (Lipinski definition) is 2. The molecule has 1 aromatic rings. The van der Waals surface area contributed by atoms with Crippen molar-refractivity contribution in [2.24, 2.45) is 11.8 Å². The summed E-state index contributed by atoms with van der Waals surface area (Å²) in [6.45, 7) is 9.47. The molecule has 2 unspecified atom stereocenters. The molecule has 0 aromatic heterocycles. The number of fused-ring (bicyclic) bond motifs is 1. The summed E-state index contributed by atoms with van der Waals surface area (Å²) in [7, 11) is 0. The number of nitrogens with one attached hydrogen (secondary N) is 1. The van der Waals surface area contributed by atoms with Crippen LogP contribution in [-0.2, 0) is 13.0 Å². The van der Waals surface area contributed by atoms with E-state index in [2.05, 4.69) is 48.3 Å². The molecular weight excluding hydrogens is 244 g/mol. The minimum absolute atomic E-state index is 0.745. The third-order valence-corrected chi connectivity index (χ3v) is 4.81. The molecule has 2 heteroatoms. The molecule has 0 saturated carbocycles. The van der Waals surface area contributed by atoms with Crippen LogP contribution in [0, 0.1) is 11.8 Å². The molecule has 2 nitrogen and oxygen atoms in total. The lowest BCUT2D eigenvalue weighted by atomic mass is 9.93. The molecule has 2 atom stereocenters. The van der Waals surface area contributed by atoms with E-state index in [0.717, 1.165) is 24.4 Å². The van der Waals surface area contributed by atoms with Gasteiger partial charge in [0.2, 0.25) is 0 Å². The summed E-state index contributed by atoms with van der Waals surface area (Å²) in [5.41, 5.74) is 2.95. The summed E-state index contributed by atoms with van der Waals surface area (Å²) < 4.78 is 0. The first-order chi connectivity index (χ1) is 9.70. The molecule has 2 saturated heterocycles. The van der Waals surface area contributed by atoms with Gasteiger partial charge >= 0.3 is 0 Å². The number of benzene rings is 1. The van der Waals surface area contributed by atoms with Gasteiger partial charge in [-0.3, -0.25) is 4.90 Å². The van der Waals surface area contributed by atoms with Crippen molar-refractivity contribution in [3.8, 4) is 0 Å². The van der Waals surface area contributed by atoms with Crippen LogP contribution in [0.5, 0.6) is 0 Å². The number of piperidine rings is 1. The maximum absolute atomic E-state index is 3.64. The van der Waals surface area contributed by atoms with Crippen LogP contribution in [0.3, 0.4) is 0 Å². The third kappa shape index (κ3) is 3.42. The molecule has 3 rings (SSSR count). The average Bonchev–Trinajstić information content (AvgIpc) is 2.88. The predicted octanol–water partition coefficient (Wildman–Crippen LogP) is 3.07. The van der Waals surface area contributed by atoms with Crippen LogP contribution < -0.4 is 5.32 Å². The van der Waals surface area contributed by atoms with Crippen LogP contribution in [0.1, 0.15) is 37.8 Å². The highest BCUT2D eigenvalue weighted by Crippen LogP contribution is 2.25. The van der Waals surface area contributed by atoms with Gasteiger partial charge in [0.1, 0.15) is 0 Å². The van der Waals surface area contributed by atoms with E-state index >= 15 is 0 Å². The molecule has 0 radical (unpaired) electrons. The molecule has 2 heterocycles. The lowest BCUT2D eigenvalue weighted by Gasteiger charge is -2.34. The molecule has 20 heavy (non-hydrogen) atoms. The topological polar surface area (TPSA) is 15.3 Å². The van der Waals surface area contributed by atoms with Crippen LogP contribution in [-0.4, -0.2) is 30.6 Å². The largest absolute Gasteiger partial charge is 0.314 e. The van der Waals surface area contributed by atoms with Gasteiger partial charge in [-0.15, -0.1) is 0 Å². The second-order valence-corrected chi connectivity index (χ2v) is 7.05. The van der Waals surface area contributed by atoms with Crippen molar-refractivity contribution in [2.45, 2.75) is 45.7 Å². The fourth-order valence-electron chi connectivity index (χ4n) is 3.78. The number of likely N-dealkylation sites (tertiary alicyclic amines) is 1. The Kier molecular flexibility index (Phi) is 4.42. The monoisotopic (exact) mass is 272 g/mol. The Balaban J connectivity index is 1.55. The minimum atomic E-state index is 0.745. The van der Waals surface area contributed by atoms with Gasteiger partial charge < -0.3 is 5.32 Å². The Labute approximate surface area is 123 Å². The van der Waals surface area contributed by atoms with Gasteiger partial charge in [-0.1, -0.05) is 38.1 Å². The molecular formula is C18H28N2. The van der Waals surface area contributed by atoms with Gasteiger partial charge in [0.25, 0.3) is 0 Å². The van der Waals surface area contributed by atoms with Crippen molar-refractivity contribution in [3.05, 3.63) is 35.4 Å². The maximum atomic E-state index is 3.64. The Morgan fingerprint density at radius 3 is 2.65 bits per heavy atom. The average molecular weight is 272 g/mol. The second kappa shape index (κ2) is 6.28.